The monoisotopic (exact) mass is 574 g/mol. The van der Waals surface area contributed by atoms with E-state index in [4.69, 9.17) is 4.74 Å². The molecule has 2 amide bonds. The van der Waals surface area contributed by atoms with E-state index in [0.717, 1.165) is 24.0 Å². The number of ether oxygens (including phenoxy) is 1. The molecule has 2 aromatic carbocycles. The molecule has 1 N–H and O–H groups in total. The number of allylic oxidation sites excluding steroid dienone is 1. The first-order valence-corrected chi connectivity index (χ1v) is 15.2. The summed E-state index contributed by atoms with van der Waals surface area (Å²) in [5.41, 5.74) is 1.72. The van der Waals surface area contributed by atoms with Gasteiger partial charge < -0.3 is 19.6 Å². The van der Waals surface area contributed by atoms with Crippen molar-refractivity contribution >= 4 is 29.5 Å². The van der Waals surface area contributed by atoms with Crippen LogP contribution in [-0.4, -0.2) is 68.5 Å². The van der Waals surface area contributed by atoms with E-state index in [1.54, 1.807) is 33.7 Å². The third-order valence-electron chi connectivity index (χ3n) is 8.61. The van der Waals surface area contributed by atoms with Gasteiger partial charge in [0.25, 0.3) is 0 Å². The summed E-state index contributed by atoms with van der Waals surface area (Å²) in [7, 11) is 0. The van der Waals surface area contributed by atoms with Crippen molar-refractivity contribution in [2.75, 3.05) is 19.8 Å². The van der Waals surface area contributed by atoms with Crippen molar-refractivity contribution in [3.05, 3.63) is 97.1 Å². The van der Waals surface area contributed by atoms with Crippen LogP contribution >= 0.6 is 11.8 Å². The Balaban J connectivity index is 1.54. The highest BCUT2D eigenvalue weighted by Crippen LogP contribution is 2.67. The number of nitrogens with zero attached hydrogens (tertiary/aromatic N) is 2. The molecule has 3 aliphatic rings. The molecule has 216 valence electrons. The van der Waals surface area contributed by atoms with Crippen molar-refractivity contribution in [3.8, 4) is 0 Å². The number of aliphatic hydroxyl groups is 1. The molecule has 2 bridgehead atoms. The van der Waals surface area contributed by atoms with Crippen LogP contribution in [-0.2, 0) is 25.7 Å². The molecule has 7 nitrogen and oxygen atoms in total. The molecule has 2 aromatic rings. The lowest BCUT2D eigenvalue weighted by Gasteiger charge is -2.39. The maximum Gasteiger partial charge on any atom is 0.310 e. The third kappa shape index (κ3) is 5.35. The quantitative estimate of drug-likeness (QED) is 0.215. The number of hydrogen-bond donors (Lipinski definition) is 1. The van der Waals surface area contributed by atoms with Gasteiger partial charge in [-0.1, -0.05) is 72.8 Å². The van der Waals surface area contributed by atoms with E-state index in [0.29, 0.717) is 25.9 Å². The number of rotatable bonds is 13. The van der Waals surface area contributed by atoms with Crippen LogP contribution < -0.4 is 0 Å². The fourth-order valence-corrected chi connectivity index (χ4v) is 9.05. The van der Waals surface area contributed by atoms with Crippen molar-refractivity contribution in [1.82, 2.24) is 9.80 Å². The normalized spacial score (nSPS) is 26.9. The second kappa shape index (κ2) is 12.7. The number of carbonyl (C=O) groups is 3. The Morgan fingerprint density at radius 2 is 1.83 bits per heavy atom. The van der Waals surface area contributed by atoms with Gasteiger partial charge in [0.05, 0.1) is 35.8 Å². The number of unbranched alkanes of at least 4 members (excludes halogenated alkanes) is 1. The lowest BCUT2D eigenvalue weighted by Crippen LogP contribution is -2.55. The molecule has 41 heavy (non-hydrogen) atoms. The van der Waals surface area contributed by atoms with Gasteiger partial charge in [-0.25, -0.2) is 0 Å². The van der Waals surface area contributed by atoms with Gasteiger partial charge >= 0.3 is 5.97 Å². The van der Waals surface area contributed by atoms with Gasteiger partial charge in [0.2, 0.25) is 11.8 Å². The maximum absolute atomic E-state index is 14.7. The summed E-state index contributed by atoms with van der Waals surface area (Å²) in [6.45, 7) is 8.21. The van der Waals surface area contributed by atoms with E-state index in [1.807, 2.05) is 60.7 Å². The molecule has 0 saturated carbocycles. The van der Waals surface area contributed by atoms with Gasteiger partial charge in [-0.15, -0.1) is 24.9 Å². The van der Waals surface area contributed by atoms with Crippen molar-refractivity contribution in [1.29, 1.82) is 0 Å². The molecule has 1 spiro atoms. The minimum absolute atomic E-state index is 0.0837. The molecule has 5 rings (SSSR count). The molecule has 0 aromatic heterocycles. The molecule has 6 atom stereocenters. The van der Waals surface area contributed by atoms with Crippen molar-refractivity contribution in [2.45, 2.75) is 54.3 Å². The van der Waals surface area contributed by atoms with Gasteiger partial charge in [-0.05, 0) is 36.8 Å². The lowest BCUT2D eigenvalue weighted by atomic mass is 9.71. The number of benzene rings is 2. The van der Waals surface area contributed by atoms with E-state index in [-0.39, 0.29) is 36.2 Å². The standard InChI is InChI=1S/C33H38N2O5S/c1-3-5-12-20-40-32(39)27-26-17-18-33(41-26)28(27)30(37)35(25(22-36)24-15-10-7-11-16-24)29(33)31(38)34(19-4-2)21-23-13-8-6-9-14-23/h3-4,6-11,13-16,25-29,36H,1-2,5,12,17-22H2/t25-,26+,27-,28+,29?,33?/m1/s1. The van der Waals surface area contributed by atoms with Gasteiger partial charge in [0.1, 0.15) is 6.04 Å². The predicted molar refractivity (Wildman–Crippen MR) is 160 cm³/mol. The van der Waals surface area contributed by atoms with Gasteiger partial charge in [-0.2, -0.15) is 0 Å². The van der Waals surface area contributed by atoms with E-state index in [1.165, 1.54) is 0 Å². The number of amides is 2. The highest BCUT2D eigenvalue weighted by atomic mass is 32.2. The van der Waals surface area contributed by atoms with Crippen LogP contribution in [0.3, 0.4) is 0 Å². The van der Waals surface area contributed by atoms with Crippen LogP contribution in [0.25, 0.3) is 0 Å². The number of carbonyl (C=O) groups excluding carboxylic acids is 3. The summed E-state index contributed by atoms with van der Waals surface area (Å²) in [4.78, 5) is 45.9. The highest BCUT2D eigenvalue weighted by molar-refractivity contribution is 8.02. The van der Waals surface area contributed by atoms with Crippen molar-refractivity contribution in [2.24, 2.45) is 11.8 Å². The topological polar surface area (TPSA) is 87.2 Å². The van der Waals surface area contributed by atoms with Crippen LogP contribution in [0.4, 0.5) is 0 Å². The summed E-state index contributed by atoms with van der Waals surface area (Å²) in [6, 6.07) is 17.5. The molecule has 3 fully saturated rings. The molecular formula is C33H38N2O5S. The smallest absolute Gasteiger partial charge is 0.310 e. The zero-order chi connectivity index (χ0) is 29.0. The summed E-state index contributed by atoms with van der Waals surface area (Å²) in [6.07, 6.45) is 6.27. The van der Waals surface area contributed by atoms with E-state index in [2.05, 4.69) is 13.2 Å². The fourth-order valence-electron chi connectivity index (χ4n) is 6.87. The van der Waals surface area contributed by atoms with Crippen molar-refractivity contribution < 1.29 is 24.2 Å². The molecule has 3 aliphatic heterocycles. The van der Waals surface area contributed by atoms with Crippen LogP contribution in [0.5, 0.6) is 0 Å². The Kier molecular flexibility index (Phi) is 9.00. The van der Waals surface area contributed by atoms with Crippen LogP contribution in [0, 0.1) is 11.8 Å². The minimum atomic E-state index is -0.838. The molecule has 0 radical (unpaired) electrons. The third-order valence-corrected chi connectivity index (χ3v) is 10.6. The van der Waals surface area contributed by atoms with E-state index in [9.17, 15) is 19.5 Å². The van der Waals surface area contributed by atoms with Gasteiger partial charge in [-0.3, -0.25) is 14.4 Å². The van der Waals surface area contributed by atoms with Crippen LogP contribution in [0.1, 0.15) is 42.9 Å². The Morgan fingerprint density at radius 3 is 2.49 bits per heavy atom. The summed E-state index contributed by atoms with van der Waals surface area (Å²) >= 11 is 1.60. The molecular weight excluding hydrogens is 536 g/mol. The minimum Gasteiger partial charge on any atom is -0.465 e. The highest BCUT2D eigenvalue weighted by Gasteiger charge is 2.74. The van der Waals surface area contributed by atoms with E-state index >= 15 is 0 Å². The van der Waals surface area contributed by atoms with Crippen molar-refractivity contribution in [3.63, 3.8) is 0 Å². The SMILES string of the molecule is C=CCCCOC(=O)[C@@H]1[C@@H]2CCC3(S2)C(C(=O)N(CC=C)Cc2ccccc2)N([C@H](CO)c2ccccc2)C(=O)[C@H]13. The van der Waals surface area contributed by atoms with E-state index < -0.39 is 28.7 Å². The zero-order valence-corrected chi connectivity index (χ0v) is 24.1. The Morgan fingerprint density at radius 1 is 1.12 bits per heavy atom. The molecule has 8 heteroatoms. The molecule has 3 heterocycles. The Bertz CT molecular complexity index is 1270. The number of fused-ring (bicyclic) bond motifs is 1. The Hall–Kier alpha value is -3.36. The maximum atomic E-state index is 14.7. The molecule has 3 saturated heterocycles. The number of hydrogen-bond acceptors (Lipinski definition) is 6. The summed E-state index contributed by atoms with van der Waals surface area (Å²) < 4.78 is 4.90. The number of thioether (sulfide) groups is 1. The fraction of sp³-hybridized carbons (Fsp3) is 0.424. The average molecular weight is 575 g/mol. The van der Waals surface area contributed by atoms with Crippen LogP contribution in [0.2, 0.25) is 0 Å². The number of likely N-dealkylation sites (tertiary alicyclic amines) is 1. The number of esters is 1. The summed E-state index contributed by atoms with van der Waals surface area (Å²) in [5, 5.41) is 10.6. The number of aliphatic hydroxyl groups excluding tert-OH is 1. The second-order valence-electron chi connectivity index (χ2n) is 11.0. The average Bonchev–Trinajstić information content (AvgIpc) is 3.64. The first-order valence-electron chi connectivity index (χ1n) is 14.3. The van der Waals surface area contributed by atoms with Gasteiger partial charge in [0.15, 0.2) is 0 Å². The first kappa shape index (κ1) is 29.1. The summed E-state index contributed by atoms with van der Waals surface area (Å²) in [5.74, 6) is -2.12. The lowest BCUT2D eigenvalue weighted by molar-refractivity contribution is -0.154. The first-order chi connectivity index (χ1) is 20.0. The van der Waals surface area contributed by atoms with Crippen LogP contribution in [0.15, 0.2) is 86.0 Å². The van der Waals surface area contributed by atoms with Gasteiger partial charge in [0, 0.05) is 18.3 Å². The molecule has 0 aliphatic carbocycles. The Labute approximate surface area is 246 Å². The predicted octanol–water partition coefficient (Wildman–Crippen LogP) is 4.54. The second-order valence-corrected chi connectivity index (χ2v) is 12.6. The zero-order valence-electron chi connectivity index (χ0n) is 23.3. The molecule has 2 unspecified atom stereocenters. The largest absolute Gasteiger partial charge is 0.465 e.